The summed E-state index contributed by atoms with van der Waals surface area (Å²) < 4.78 is 1.30. The molecule has 1 aliphatic carbocycles. The fraction of sp³-hybridized carbons (Fsp3) is 0.562. The zero-order chi connectivity index (χ0) is 13.2. The van der Waals surface area contributed by atoms with Crippen molar-refractivity contribution in [1.29, 1.82) is 0 Å². The summed E-state index contributed by atoms with van der Waals surface area (Å²) in [6.45, 7) is 4.45. The summed E-state index contributed by atoms with van der Waals surface area (Å²) in [6.07, 6.45) is 6.71. The number of anilines is 1. The number of thiazole rings is 1. The van der Waals surface area contributed by atoms with Crippen LogP contribution in [0.3, 0.4) is 0 Å². The molecule has 1 heterocycles. The van der Waals surface area contributed by atoms with E-state index in [-0.39, 0.29) is 0 Å². The summed E-state index contributed by atoms with van der Waals surface area (Å²) in [4.78, 5) is 4.78. The smallest absolute Gasteiger partial charge is 0.184 e. The van der Waals surface area contributed by atoms with Gasteiger partial charge in [-0.25, -0.2) is 4.98 Å². The molecule has 3 rings (SSSR count). The van der Waals surface area contributed by atoms with Gasteiger partial charge in [-0.1, -0.05) is 49.7 Å². The van der Waals surface area contributed by atoms with E-state index >= 15 is 0 Å². The van der Waals surface area contributed by atoms with E-state index < -0.39 is 0 Å². The van der Waals surface area contributed by atoms with Gasteiger partial charge in [0.1, 0.15) is 0 Å². The third-order valence-corrected chi connectivity index (χ3v) is 5.31. The van der Waals surface area contributed by atoms with Gasteiger partial charge in [-0.3, -0.25) is 0 Å². The van der Waals surface area contributed by atoms with Crippen LogP contribution < -0.4 is 5.32 Å². The Morgan fingerprint density at radius 2 is 2.16 bits per heavy atom. The average Bonchev–Trinajstić information content (AvgIpc) is 2.83. The van der Waals surface area contributed by atoms with Crippen molar-refractivity contribution in [3.8, 4) is 0 Å². The van der Waals surface area contributed by atoms with Gasteiger partial charge in [0.25, 0.3) is 0 Å². The van der Waals surface area contributed by atoms with E-state index in [9.17, 15) is 0 Å². The Balaban J connectivity index is 1.82. The first-order chi connectivity index (χ1) is 9.28. The van der Waals surface area contributed by atoms with Crippen molar-refractivity contribution in [2.24, 2.45) is 5.92 Å². The zero-order valence-electron chi connectivity index (χ0n) is 11.8. The fourth-order valence-corrected chi connectivity index (χ4v) is 4.20. The summed E-state index contributed by atoms with van der Waals surface area (Å²) in [5, 5.41) is 4.81. The number of nitrogens with one attached hydrogen (secondary N) is 1. The lowest BCUT2D eigenvalue weighted by Crippen LogP contribution is -2.31. The Hall–Kier alpha value is -1.09. The highest BCUT2D eigenvalue weighted by molar-refractivity contribution is 7.22. The molecular formula is C16H22N2S. The quantitative estimate of drug-likeness (QED) is 0.853. The molecule has 1 fully saturated rings. The van der Waals surface area contributed by atoms with Crippen LogP contribution in [-0.2, 0) is 0 Å². The third-order valence-electron chi connectivity index (χ3n) is 4.36. The highest BCUT2D eigenvalue weighted by Gasteiger charge is 2.24. The van der Waals surface area contributed by atoms with E-state index in [4.69, 9.17) is 4.98 Å². The standard InChI is InChI=1S/C16H22N2S/c1-3-12-8-4-5-9-13(12)17-16-18-15-11(2)7-6-10-14(15)19-16/h6-7,10,12-13H,3-5,8-9H2,1-2H3,(H,17,18). The average molecular weight is 274 g/mol. The van der Waals surface area contributed by atoms with Crippen LogP contribution in [0.4, 0.5) is 5.13 Å². The highest BCUT2D eigenvalue weighted by Crippen LogP contribution is 2.33. The van der Waals surface area contributed by atoms with Crippen LogP contribution >= 0.6 is 11.3 Å². The van der Waals surface area contributed by atoms with Crippen molar-refractivity contribution in [3.05, 3.63) is 23.8 Å². The molecule has 0 saturated heterocycles. The molecule has 2 unspecified atom stereocenters. The minimum Gasteiger partial charge on any atom is -0.358 e. The lowest BCUT2D eigenvalue weighted by Gasteiger charge is -2.31. The SMILES string of the molecule is CCC1CCCCC1Nc1nc2c(C)cccc2s1. The minimum absolute atomic E-state index is 0.625. The van der Waals surface area contributed by atoms with Crippen molar-refractivity contribution >= 4 is 26.7 Å². The lowest BCUT2D eigenvalue weighted by atomic mass is 9.83. The van der Waals surface area contributed by atoms with E-state index in [2.05, 4.69) is 37.4 Å². The van der Waals surface area contributed by atoms with Crippen molar-refractivity contribution in [2.75, 3.05) is 5.32 Å². The minimum atomic E-state index is 0.625. The molecule has 2 aromatic rings. The second-order valence-corrected chi connectivity index (χ2v) is 6.67. The fourth-order valence-electron chi connectivity index (χ4n) is 3.19. The molecule has 1 N–H and O–H groups in total. The van der Waals surface area contributed by atoms with Gasteiger partial charge in [-0.2, -0.15) is 0 Å². The maximum Gasteiger partial charge on any atom is 0.184 e. The van der Waals surface area contributed by atoms with Crippen molar-refractivity contribution in [2.45, 2.75) is 52.0 Å². The van der Waals surface area contributed by atoms with Gasteiger partial charge in [-0.05, 0) is 37.3 Å². The Kier molecular flexibility index (Phi) is 3.74. The third kappa shape index (κ3) is 2.62. The molecule has 1 aromatic heterocycles. The summed E-state index contributed by atoms with van der Waals surface area (Å²) in [5.41, 5.74) is 2.44. The predicted molar refractivity (Wildman–Crippen MR) is 84.0 cm³/mol. The maximum absolute atomic E-state index is 4.78. The van der Waals surface area contributed by atoms with Crippen LogP contribution in [-0.4, -0.2) is 11.0 Å². The van der Waals surface area contributed by atoms with E-state index in [0.29, 0.717) is 6.04 Å². The normalized spacial score (nSPS) is 23.7. The first kappa shape index (κ1) is 12.9. The monoisotopic (exact) mass is 274 g/mol. The van der Waals surface area contributed by atoms with Crippen LogP contribution in [0.5, 0.6) is 0 Å². The Morgan fingerprint density at radius 1 is 1.32 bits per heavy atom. The zero-order valence-corrected chi connectivity index (χ0v) is 12.6. The van der Waals surface area contributed by atoms with E-state index in [0.717, 1.165) is 11.0 Å². The number of benzene rings is 1. The number of hydrogen-bond acceptors (Lipinski definition) is 3. The molecule has 0 spiro atoms. The van der Waals surface area contributed by atoms with Crippen LogP contribution in [0, 0.1) is 12.8 Å². The van der Waals surface area contributed by atoms with Crippen LogP contribution in [0.1, 0.15) is 44.6 Å². The molecule has 1 aliphatic rings. The Labute approximate surface area is 119 Å². The number of aryl methyl sites for hydroxylation is 1. The van der Waals surface area contributed by atoms with E-state index in [1.54, 1.807) is 11.3 Å². The number of nitrogens with zero attached hydrogens (tertiary/aromatic N) is 1. The summed E-state index contributed by atoms with van der Waals surface area (Å²) in [7, 11) is 0. The van der Waals surface area contributed by atoms with Crippen molar-refractivity contribution in [3.63, 3.8) is 0 Å². The number of para-hydroxylation sites is 1. The molecule has 1 aromatic carbocycles. The molecule has 0 radical (unpaired) electrons. The van der Waals surface area contributed by atoms with Crippen molar-refractivity contribution < 1.29 is 0 Å². The van der Waals surface area contributed by atoms with Gasteiger partial charge in [0.05, 0.1) is 10.2 Å². The topological polar surface area (TPSA) is 24.9 Å². The van der Waals surface area contributed by atoms with Gasteiger partial charge in [0.15, 0.2) is 5.13 Å². The second-order valence-electron chi connectivity index (χ2n) is 5.64. The first-order valence-electron chi connectivity index (χ1n) is 7.40. The number of fused-ring (bicyclic) bond motifs is 1. The first-order valence-corrected chi connectivity index (χ1v) is 8.22. The molecule has 0 bridgehead atoms. The summed E-state index contributed by atoms with van der Waals surface area (Å²) >= 11 is 1.80. The molecule has 0 aliphatic heterocycles. The van der Waals surface area contributed by atoms with E-state index in [1.807, 2.05) is 0 Å². The molecule has 1 saturated carbocycles. The van der Waals surface area contributed by atoms with Gasteiger partial charge in [0, 0.05) is 6.04 Å². The second kappa shape index (κ2) is 5.49. The predicted octanol–water partition coefficient (Wildman–Crippen LogP) is 4.99. The van der Waals surface area contributed by atoms with Gasteiger partial charge >= 0.3 is 0 Å². The van der Waals surface area contributed by atoms with Crippen LogP contribution in [0.15, 0.2) is 18.2 Å². The number of rotatable bonds is 3. The van der Waals surface area contributed by atoms with E-state index in [1.165, 1.54) is 47.9 Å². The van der Waals surface area contributed by atoms with Gasteiger partial charge in [-0.15, -0.1) is 0 Å². The van der Waals surface area contributed by atoms with Crippen LogP contribution in [0.2, 0.25) is 0 Å². The molecular weight excluding hydrogens is 252 g/mol. The van der Waals surface area contributed by atoms with Gasteiger partial charge < -0.3 is 5.32 Å². The maximum atomic E-state index is 4.78. The highest BCUT2D eigenvalue weighted by atomic mass is 32.1. The molecule has 0 amide bonds. The summed E-state index contributed by atoms with van der Waals surface area (Å²) in [5.74, 6) is 0.821. The molecule has 102 valence electrons. The van der Waals surface area contributed by atoms with Crippen molar-refractivity contribution in [1.82, 2.24) is 4.98 Å². The largest absolute Gasteiger partial charge is 0.358 e. The molecule has 2 atom stereocenters. The Bertz CT molecular complexity index is 561. The number of hydrogen-bond donors (Lipinski definition) is 1. The Morgan fingerprint density at radius 3 is 2.95 bits per heavy atom. The summed E-state index contributed by atoms with van der Waals surface area (Å²) in [6, 6.07) is 7.05. The van der Waals surface area contributed by atoms with Crippen LogP contribution in [0.25, 0.3) is 10.2 Å². The van der Waals surface area contributed by atoms with Gasteiger partial charge in [0.2, 0.25) is 0 Å². The molecule has 3 heteroatoms. The molecule has 2 nitrogen and oxygen atoms in total. The lowest BCUT2D eigenvalue weighted by molar-refractivity contribution is 0.317. The molecule has 19 heavy (non-hydrogen) atoms. The number of aromatic nitrogens is 1.